The maximum atomic E-state index is 12.6. The molecule has 0 spiro atoms. The standard InChI is InChI=1S/C21H28N2OS/c24-20(16-22-18-12-7-2-1-3-8-13-18)23-21(19-14-9-15-25-19)17-10-5-4-6-11-17/h4-6,9-11,14-15,18,21-22H,1-3,7-8,12-13,16H2,(H,23,24)/p+1/t21-/m1/s1. The van der Waals surface area contributed by atoms with Crippen molar-refractivity contribution in [3.8, 4) is 0 Å². The van der Waals surface area contributed by atoms with Crippen LogP contribution in [-0.4, -0.2) is 18.5 Å². The van der Waals surface area contributed by atoms with E-state index in [0.29, 0.717) is 12.6 Å². The van der Waals surface area contributed by atoms with Gasteiger partial charge in [0.05, 0.1) is 12.1 Å². The lowest BCUT2D eigenvalue weighted by molar-refractivity contribution is -0.680. The summed E-state index contributed by atoms with van der Waals surface area (Å²) in [5, 5.41) is 7.57. The number of carbonyl (C=O) groups excluding carboxylic acids is 1. The lowest BCUT2D eigenvalue weighted by Crippen LogP contribution is -2.92. The van der Waals surface area contributed by atoms with Gasteiger partial charge in [-0.25, -0.2) is 0 Å². The van der Waals surface area contributed by atoms with Gasteiger partial charge in [-0.15, -0.1) is 11.3 Å². The number of benzene rings is 1. The molecule has 1 aliphatic carbocycles. The van der Waals surface area contributed by atoms with E-state index < -0.39 is 0 Å². The topological polar surface area (TPSA) is 45.7 Å². The Kier molecular flexibility index (Phi) is 7.07. The lowest BCUT2D eigenvalue weighted by atomic mass is 9.97. The number of carbonyl (C=O) groups is 1. The van der Waals surface area contributed by atoms with Gasteiger partial charge >= 0.3 is 0 Å². The first-order valence-electron chi connectivity index (χ1n) is 9.54. The number of thiophene rings is 1. The van der Waals surface area contributed by atoms with Gasteiger partial charge in [0.1, 0.15) is 0 Å². The van der Waals surface area contributed by atoms with Crippen LogP contribution in [0, 0.1) is 0 Å². The van der Waals surface area contributed by atoms with Gasteiger partial charge in [-0.05, 0) is 42.7 Å². The number of hydrogen-bond donors (Lipinski definition) is 2. The van der Waals surface area contributed by atoms with Crippen molar-refractivity contribution >= 4 is 17.2 Å². The van der Waals surface area contributed by atoms with E-state index in [2.05, 4.69) is 34.2 Å². The Morgan fingerprint density at radius 2 is 1.76 bits per heavy atom. The molecule has 1 fully saturated rings. The third kappa shape index (κ3) is 5.68. The molecule has 1 atom stereocenters. The van der Waals surface area contributed by atoms with Gasteiger partial charge in [0.15, 0.2) is 6.54 Å². The molecule has 0 aliphatic heterocycles. The van der Waals surface area contributed by atoms with Gasteiger partial charge in [-0.2, -0.15) is 0 Å². The first-order valence-corrected chi connectivity index (χ1v) is 10.4. The van der Waals surface area contributed by atoms with Crippen molar-refractivity contribution in [1.29, 1.82) is 0 Å². The van der Waals surface area contributed by atoms with Crippen LogP contribution in [0.5, 0.6) is 0 Å². The maximum absolute atomic E-state index is 12.6. The number of rotatable bonds is 6. The van der Waals surface area contributed by atoms with E-state index in [-0.39, 0.29) is 11.9 Å². The number of amides is 1. The van der Waals surface area contributed by atoms with Crippen LogP contribution in [0.3, 0.4) is 0 Å². The molecule has 1 aliphatic rings. The SMILES string of the molecule is O=C(C[NH2+]C1CCCCCCC1)N[C@H](c1ccccc1)c1cccs1. The summed E-state index contributed by atoms with van der Waals surface area (Å²) < 4.78 is 0. The quantitative estimate of drug-likeness (QED) is 0.815. The minimum absolute atomic E-state index is 0.0422. The molecular weight excluding hydrogens is 328 g/mol. The highest BCUT2D eigenvalue weighted by Gasteiger charge is 2.20. The predicted octanol–water partition coefficient (Wildman–Crippen LogP) is 3.63. The first-order chi connectivity index (χ1) is 12.3. The zero-order valence-corrected chi connectivity index (χ0v) is 15.6. The summed E-state index contributed by atoms with van der Waals surface area (Å²) in [4.78, 5) is 13.8. The highest BCUT2D eigenvalue weighted by atomic mass is 32.1. The largest absolute Gasteiger partial charge is 0.339 e. The highest BCUT2D eigenvalue weighted by Crippen LogP contribution is 2.25. The predicted molar refractivity (Wildman–Crippen MR) is 104 cm³/mol. The third-order valence-corrected chi connectivity index (χ3v) is 5.99. The summed E-state index contributed by atoms with van der Waals surface area (Å²) in [7, 11) is 0. The van der Waals surface area contributed by atoms with E-state index in [9.17, 15) is 4.79 Å². The molecule has 25 heavy (non-hydrogen) atoms. The molecule has 1 amide bonds. The molecule has 1 aromatic heterocycles. The molecule has 3 rings (SSSR count). The summed E-state index contributed by atoms with van der Waals surface area (Å²) in [6, 6.07) is 15.0. The monoisotopic (exact) mass is 357 g/mol. The average Bonchev–Trinajstić information content (AvgIpc) is 3.14. The van der Waals surface area contributed by atoms with Crippen LogP contribution in [0.4, 0.5) is 0 Å². The van der Waals surface area contributed by atoms with Crippen molar-refractivity contribution < 1.29 is 10.1 Å². The molecule has 3 nitrogen and oxygen atoms in total. The van der Waals surface area contributed by atoms with E-state index in [1.54, 1.807) is 11.3 Å². The molecule has 4 heteroatoms. The fourth-order valence-corrected chi connectivity index (χ4v) is 4.44. The second kappa shape index (κ2) is 9.73. The van der Waals surface area contributed by atoms with Gasteiger partial charge in [0, 0.05) is 4.88 Å². The smallest absolute Gasteiger partial charge is 0.275 e. The van der Waals surface area contributed by atoms with Crippen molar-refractivity contribution in [2.45, 2.75) is 57.0 Å². The van der Waals surface area contributed by atoms with Gasteiger partial charge < -0.3 is 10.6 Å². The van der Waals surface area contributed by atoms with Crippen LogP contribution in [0.1, 0.15) is 61.4 Å². The van der Waals surface area contributed by atoms with Gasteiger partial charge in [-0.3, -0.25) is 4.79 Å². The number of quaternary nitrogens is 1. The third-order valence-electron chi connectivity index (χ3n) is 5.05. The fourth-order valence-electron chi connectivity index (χ4n) is 3.64. The Bertz CT molecular complexity index is 619. The molecule has 2 aromatic rings. The van der Waals surface area contributed by atoms with Crippen molar-refractivity contribution in [3.63, 3.8) is 0 Å². The Labute approximate surface area is 154 Å². The molecule has 3 N–H and O–H groups in total. The molecule has 0 saturated heterocycles. The molecule has 0 unspecified atom stereocenters. The molecule has 1 heterocycles. The number of nitrogens with two attached hydrogens (primary N) is 1. The number of nitrogens with one attached hydrogen (secondary N) is 1. The van der Waals surface area contributed by atoms with Gasteiger partial charge in [-0.1, -0.05) is 55.7 Å². The summed E-state index contributed by atoms with van der Waals surface area (Å²) in [5.74, 6) is 0.129. The second-order valence-corrected chi connectivity index (χ2v) is 7.95. The normalized spacial score (nSPS) is 17.4. The van der Waals surface area contributed by atoms with Crippen molar-refractivity contribution in [2.24, 2.45) is 0 Å². The average molecular weight is 358 g/mol. The molecule has 0 bridgehead atoms. The minimum atomic E-state index is -0.0422. The summed E-state index contributed by atoms with van der Waals surface area (Å²) in [5.41, 5.74) is 1.14. The van der Waals surface area contributed by atoms with Gasteiger partial charge in [0.2, 0.25) is 0 Å². The highest BCUT2D eigenvalue weighted by molar-refractivity contribution is 7.10. The summed E-state index contributed by atoms with van der Waals surface area (Å²) in [6.45, 7) is 0.527. The van der Waals surface area contributed by atoms with Crippen molar-refractivity contribution in [3.05, 3.63) is 58.3 Å². The van der Waals surface area contributed by atoms with E-state index in [1.807, 2.05) is 24.3 Å². The Balaban J connectivity index is 1.57. The van der Waals surface area contributed by atoms with Crippen LogP contribution in [-0.2, 0) is 4.79 Å². The van der Waals surface area contributed by atoms with E-state index in [0.717, 1.165) is 5.56 Å². The molecule has 134 valence electrons. The molecule has 1 saturated carbocycles. The van der Waals surface area contributed by atoms with Crippen molar-refractivity contribution in [1.82, 2.24) is 5.32 Å². The summed E-state index contributed by atoms with van der Waals surface area (Å²) >= 11 is 1.69. The maximum Gasteiger partial charge on any atom is 0.275 e. The zero-order chi connectivity index (χ0) is 17.3. The van der Waals surface area contributed by atoms with Crippen LogP contribution in [0.25, 0.3) is 0 Å². The minimum Gasteiger partial charge on any atom is -0.339 e. The Morgan fingerprint density at radius 1 is 1.04 bits per heavy atom. The van der Waals surface area contributed by atoms with Crippen LogP contribution >= 0.6 is 11.3 Å². The second-order valence-electron chi connectivity index (χ2n) is 6.97. The van der Waals surface area contributed by atoms with Crippen LogP contribution < -0.4 is 10.6 Å². The van der Waals surface area contributed by atoms with E-state index in [4.69, 9.17) is 0 Å². The lowest BCUT2D eigenvalue weighted by Gasteiger charge is -2.20. The number of hydrogen-bond acceptors (Lipinski definition) is 2. The molecular formula is C21H29N2OS+. The van der Waals surface area contributed by atoms with Crippen LogP contribution in [0.15, 0.2) is 47.8 Å². The van der Waals surface area contributed by atoms with E-state index >= 15 is 0 Å². The fraction of sp³-hybridized carbons (Fsp3) is 0.476. The van der Waals surface area contributed by atoms with Gasteiger partial charge in [0.25, 0.3) is 5.91 Å². The molecule has 0 radical (unpaired) electrons. The van der Waals surface area contributed by atoms with Crippen LogP contribution in [0.2, 0.25) is 0 Å². The molecule has 1 aromatic carbocycles. The van der Waals surface area contributed by atoms with Crippen molar-refractivity contribution in [2.75, 3.05) is 6.54 Å². The Hall–Kier alpha value is -1.65. The summed E-state index contributed by atoms with van der Waals surface area (Å²) in [6.07, 6.45) is 9.21. The van der Waals surface area contributed by atoms with E-state index in [1.165, 1.54) is 49.8 Å². The Morgan fingerprint density at radius 3 is 2.44 bits per heavy atom. The zero-order valence-electron chi connectivity index (χ0n) is 14.8. The first kappa shape index (κ1) is 18.2.